The Morgan fingerprint density at radius 1 is 1.50 bits per heavy atom. The van der Waals surface area contributed by atoms with Crippen molar-refractivity contribution in [3.05, 3.63) is 27.7 Å². The third-order valence-electron chi connectivity index (χ3n) is 2.92. The molecule has 1 aliphatic heterocycles. The number of hydrogen-bond donors (Lipinski definition) is 1. The van der Waals surface area contributed by atoms with Crippen molar-refractivity contribution in [1.82, 2.24) is 0 Å². The minimum Gasteiger partial charge on any atom is -0.381 e. The maximum atomic E-state index is 3.63. The van der Waals surface area contributed by atoms with Crippen molar-refractivity contribution in [2.45, 2.75) is 39.2 Å². The number of nitrogens with one attached hydrogen (secondary N) is 1. The first-order valence-electron chi connectivity index (χ1n) is 5.26. The second-order valence-corrected chi connectivity index (χ2v) is 4.92. The van der Waals surface area contributed by atoms with Crippen molar-refractivity contribution in [2.24, 2.45) is 0 Å². The van der Waals surface area contributed by atoms with Crippen molar-refractivity contribution >= 4 is 21.6 Å². The van der Waals surface area contributed by atoms with Crippen LogP contribution in [0.25, 0.3) is 0 Å². The molecule has 1 aromatic carbocycles. The van der Waals surface area contributed by atoms with Gasteiger partial charge in [-0.2, -0.15) is 0 Å². The molecule has 0 aromatic heterocycles. The van der Waals surface area contributed by atoms with E-state index in [9.17, 15) is 0 Å². The second-order valence-electron chi connectivity index (χ2n) is 4.07. The molecule has 0 bridgehead atoms. The summed E-state index contributed by atoms with van der Waals surface area (Å²) < 4.78 is 1.21. The van der Waals surface area contributed by atoms with Crippen LogP contribution in [0.2, 0.25) is 0 Å². The number of aryl methyl sites for hydroxylation is 2. The molecule has 0 aliphatic carbocycles. The van der Waals surface area contributed by atoms with Crippen LogP contribution in [-0.2, 0) is 6.42 Å². The van der Waals surface area contributed by atoms with Crippen LogP contribution in [0, 0.1) is 6.92 Å². The lowest BCUT2D eigenvalue weighted by molar-refractivity contribution is 0.613. The van der Waals surface area contributed by atoms with Gasteiger partial charge in [0.25, 0.3) is 0 Å². The van der Waals surface area contributed by atoms with Crippen molar-refractivity contribution in [1.29, 1.82) is 0 Å². The summed E-state index contributed by atoms with van der Waals surface area (Å²) in [4.78, 5) is 0. The van der Waals surface area contributed by atoms with E-state index < -0.39 is 0 Å². The van der Waals surface area contributed by atoms with E-state index in [4.69, 9.17) is 0 Å². The predicted octanol–water partition coefficient (Wildman–Crippen LogP) is 3.89. The summed E-state index contributed by atoms with van der Waals surface area (Å²) >= 11 is 3.63. The Balaban J connectivity index is 2.37. The van der Waals surface area contributed by atoms with Crippen LogP contribution in [-0.4, -0.2) is 6.04 Å². The Labute approximate surface area is 94.0 Å². The van der Waals surface area contributed by atoms with Crippen molar-refractivity contribution in [3.63, 3.8) is 0 Å². The smallest absolute Gasteiger partial charge is 0.0519 e. The van der Waals surface area contributed by atoms with Crippen LogP contribution < -0.4 is 5.32 Å². The molecule has 0 fully saturated rings. The highest BCUT2D eigenvalue weighted by molar-refractivity contribution is 9.10. The van der Waals surface area contributed by atoms with Crippen LogP contribution >= 0.6 is 15.9 Å². The fourth-order valence-corrected chi connectivity index (χ4v) is 2.82. The van der Waals surface area contributed by atoms with E-state index in [0.717, 1.165) is 0 Å². The molecular weight excluding hydrogens is 238 g/mol. The lowest BCUT2D eigenvalue weighted by atomic mass is 9.95. The zero-order valence-corrected chi connectivity index (χ0v) is 10.3. The highest BCUT2D eigenvalue weighted by Crippen LogP contribution is 2.33. The molecule has 2 rings (SSSR count). The summed E-state index contributed by atoms with van der Waals surface area (Å²) in [5, 5.41) is 3.60. The van der Waals surface area contributed by atoms with Gasteiger partial charge < -0.3 is 5.32 Å². The van der Waals surface area contributed by atoms with Crippen LogP contribution in [0.15, 0.2) is 16.6 Å². The molecule has 14 heavy (non-hydrogen) atoms. The Morgan fingerprint density at radius 2 is 2.29 bits per heavy atom. The minimum atomic E-state index is 0.654. The molecule has 0 amide bonds. The van der Waals surface area contributed by atoms with Gasteiger partial charge in [0.05, 0.1) is 5.69 Å². The lowest BCUT2D eigenvalue weighted by Crippen LogP contribution is -2.24. The quantitative estimate of drug-likeness (QED) is 0.801. The van der Waals surface area contributed by atoms with E-state index in [1.807, 2.05) is 0 Å². The lowest BCUT2D eigenvalue weighted by Gasteiger charge is -2.27. The van der Waals surface area contributed by atoms with E-state index in [2.05, 4.69) is 47.2 Å². The Bertz CT molecular complexity index is 346. The first-order chi connectivity index (χ1) is 6.70. The summed E-state index contributed by atoms with van der Waals surface area (Å²) in [6.45, 7) is 4.39. The van der Waals surface area contributed by atoms with Gasteiger partial charge >= 0.3 is 0 Å². The van der Waals surface area contributed by atoms with Crippen LogP contribution in [0.1, 0.15) is 30.9 Å². The van der Waals surface area contributed by atoms with Crippen LogP contribution in [0.5, 0.6) is 0 Å². The molecule has 1 aromatic rings. The van der Waals surface area contributed by atoms with E-state index in [0.29, 0.717) is 6.04 Å². The molecule has 1 atom stereocenters. The van der Waals surface area contributed by atoms with Gasteiger partial charge in [0.2, 0.25) is 0 Å². The summed E-state index contributed by atoms with van der Waals surface area (Å²) in [6.07, 6.45) is 3.68. The molecule has 76 valence electrons. The molecule has 1 N–H and O–H groups in total. The average Bonchev–Trinajstić information content (AvgIpc) is 2.17. The summed E-state index contributed by atoms with van der Waals surface area (Å²) in [7, 11) is 0. The van der Waals surface area contributed by atoms with Crippen molar-refractivity contribution in [2.75, 3.05) is 5.32 Å². The number of halogens is 1. The minimum absolute atomic E-state index is 0.654. The number of benzene rings is 1. The van der Waals surface area contributed by atoms with Crippen molar-refractivity contribution < 1.29 is 0 Å². The van der Waals surface area contributed by atoms with E-state index in [-0.39, 0.29) is 0 Å². The van der Waals surface area contributed by atoms with Gasteiger partial charge in [0.15, 0.2) is 0 Å². The number of hydrogen-bond acceptors (Lipinski definition) is 1. The molecular formula is C12H16BrN. The molecule has 1 unspecified atom stereocenters. The monoisotopic (exact) mass is 253 g/mol. The Kier molecular flexibility index (Phi) is 2.82. The average molecular weight is 254 g/mol. The third kappa shape index (κ3) is 1.81. The predicted molar refractivity (Wildman–Crippen MR) is 64.9 cm³/mol. The van der Waals surface area contributed by atoms with Crippen LogP contribution in [0.3, 0.4) is 0 Å². The van der Waals surface area contributed by atoms with E-state index in [1.165, 1.54) is 40.5 Å². The highest BCUT2D eigenvalue weighted by Gasteiger charge is 2.18. The molecule has 0 saturated heterocycles. The topological polar surface area (TPSA) is 12.0 Å². The molecule has 1 nitrogen and oxygen atoms in total. The standard InChI is InChI=1S/C12H16BrN/c1-3-10-5-4-9-6-8(2)7-11(13)12(9)14-10/h6-7,10,14H,3-5H2,1-2H3. The molecule has 2 heteroatoms. The van der Waals surface area contributed by atoms with Gasteiger partial charge in [0.1, 0.15) is 0 Å². The fraction of sp³-hybridized carbons (Fsp3) is 0.500. The first kappa shape index (κ1) is 10.0. The summed E-state index contributed by atoms with van der Waals surface area (Å²) in [5.74, 6) is 0. The van der Waals surface area contributed by atoms with Gasteiger partial charge in [-0.25, -0.2) is 0 Å². The van der Waals surface area contributed by atoms with Crippen LogP contribution in [0.4, 0.5) is 5.69 Å². The third-order valence-corrected chi connectivity index (χ3v) is 3.55. The zero-order valence-electron chi connectivity index (χ0n) is 8.73. The summed E-state index contributed by atoms with van der Waals surface area (Å²) in [6, 6.07) is 5.13. The number of anilines is 1. The normalized spacial score (nSPS) is 20.1. The fourth-order valence-electron chi connectivity index (χ4n) is 2.09. The van der Waals surface area contributed by atoms with E-state index >= 15 is 0 Å². The number of rotatable bonds is 1. The van der Waals surface area contributed by atoms with Crippen molar-refractivity contribution in [3.8, 4) is 0 Å². The van der Waals surface area contributed by atoms with Gasteiger partial charge in [-0.3, -0.25) is 0 Å². The van der Waals surface area contributed by atoms with Gasteiger partial charge in [-0.15, -0.1) is 0 Å². The molecule has 0 spiro atoms. The molecule has 0 radical (unpaired) electrons. The maximum Gasteiger partial charge on any atom is 0.0519 e. The number of fused-ring (bicyclic) bond motifs is 1. The van der Waals surface area contributed by atoms with E-state index in [1.54, 1.807) is 0 Å². The first-order valence-corrected chi connectivity index (χ1v) is 6.05. The Hall–Kier alpha value is -0.500. The maximum absolute atomic E-state index is 3.63. The van der Waals surface area contributed by atoms with Gasteiger partial charge in [-0.05, 0) is 59.3 Å². The van der Waals surface area contributed by atoms with Gasteiger partial charge in [0, 0.05) is 10.5 Å². The highest BCUT2D eigenvalue weighted by atomic mass is 79.9. The molecule has 0 saturated carbocycles. The molecule has 1 heterocycles. The Morgan fingerprint density at radius 3 is 3.00 bits per heavy atom. The molecule has 1 aliphatic rings. The summed E-state index contributed by atoms with van der Waals surface area (Å²) in [5.41, 5.74) is 4.11. The van der Waals surface area contributed by atoms with Gasteiger partial charge in [-0.1, -0.05) is 13.0 Å². The SMILES string of the molecule is CCC1CCc2cc(C)cc(Br)c2N1. The zero-order chi connectivity index (χ0) is 10.1. The second kappa shape index (κ2) is 3.93. The largest absolute Gasteiger partial charge is 0.381 e.